The van der Waals surface area contributed by atoms with Gasteiger partial charge in [-0.2, -0.15) is 0 Å². The molecule has 0 aliphatic carbocycles. The largest absolute Gasteiger partial charge is 0.493 e. The highest BCUT2D eigenvalue weighted by molar-refractivity contribution is 5.85. The zero-order valence-corrected chi connectivity index (χ0v) is 21.9. The summed E-state index contributed by atoms with van der Waals surface area (Å²) in [5.41, 5.74) is 4.27. The molecule has 1 heterocycles. The van der Waals surface area contributed by atoms with Gasteiger partial charge >= 0.3 is 6.09 Å². The predicted octanol–water partition coefficient (Wildman–Crippen LogP) is 6.30. The van der Waals surface area contributed by atoms with E-state index in [1.165, 1.54) is 5.56 Å². The number of aromatic nitrogens is 1. The number of carbonyl (C=O) groups excluding carboxylic acids is 1. The molecule has 3 rings (SSSR count). The molecule has 0 saturated heterocycles. The van der Waals surface area contributed by atoms with Crippen molar-refractivity contribution >= 4 is 29.6 Å². The van der Waals surface area contributed by atoms with E-state index in [9.17, 15) is 4.79 Å². The van der Waals surface area contributed by atoms with Crippen molar-refractivity contribution in [3.8, 4) is 11.5 Å². The number of methoxy groups -OCH3 is 2. The number of anilines is 2. The van der Waals surface area contributed by atoms with Crippen LogP contribution in [0, 0.1) is 0 Å². The number of hydrogen-bond acceptors (Lipinski definition) is 6. The van der Waals surface area contributed by atoms with Crippen molar-refractivity contribution in [2.75, 3.05) is 38.0 Å². The van der Waals surface area contributed by atoms with E-state index in [4.69, 9.17) is 14.2 Å². The number of nitrogens with zero attached hydrogens (tertiary/aromatic N) is 2. The zero-order valence-electron chi connectivity index (χ0n) is 21.9. The average molecular weight is 490 g/mol. The van der Waals surface area contributed by atoms with Crippen molar-refractivity contribution in [3.63, 3.8) is 0 Å². The molecular weight excluding hydrogens is 454 g/mol. The minimum absolute atomic E-state index is 0.470. The number of likely N-dealkylation sites (N-methyl/N-ethyl adjacent to an activating group) is 1. The van der Waals surface area contributed by atoms with E-state index < -0.39 is 11.7 Å². The molecule has 1 amide bonds. The summed E-state index contributed by atoms with van der Waals surface area (Å²) >= 11 is 0. The molecule has 3 aromatic rings. The third kappa shape index (κ3) is 8.05. The van der Waals surface area contributed by atoms with Crippen LogP contribution in [-0.2, 0) is 11.2 Å². The van der Waals surface area contributed by atoms with Crippen molar-refractivity contribution in [2.45, 2.75) is 32.8 Å². The van der Waals surface area contributed by atoms with Crippen molar-refractivity contribution in [1.82, 2.24) is 4.98 Å². The van der Waals surface area contributed by atoms with Crippen LogP contribution in [-0.4, -0.2) is 44.5 Å². The molecule has 0 atom stereocenters. The highest BCUT2D eigenvalue weighted by Crippen LogP contribution is 2.28. The third-order valence-electron chi connectivity index (χ3n) is 5.39. The van der Waals surface area contributed by atoms with Gasteiger partial charge in [0.15, 0.2) is 11.5 Å². The maximum atomic E-state index is 11.9. The van der Waals surface area contributed by atoms with E-state index in [2.05, 4.69) is 34.4 Å². The number of rotatable bonds is 9. The number of nitrogens with one attached hydrogen (secondary N) is 1. The molecule has 0 saturated carbocycles. The van der Waals surface area contributed by atoms with E-state index in [0.29, 0.717) is 5.69 Å². The second-order valence-electron chi connectivity index (χ2n) is 9.38. The van der Waals surface area contributed by atoms with Crippen molar-refractivity contribution in [3.05, 3.63) is 77.6 Å². The normalized spacial score (nSPS) is 11.3. The Morgan fingerprint density at radius 1 is 0.972 bits per heavy atom. The van der Waals surface area contributed by atoms with Gasteiger partial charge in [0.05, 0.1) is 19.9 Å². The van der Waals surface area contributed by atoms with Crippen LogP contribution in [0.5, 0.6) is 11.5 Å². The van der Waals surface area contributed by atoms with E-state index in [1.54, 1.807) is 14.2 Å². The molecule has 0 aliphatic heterocycles. The van der Waals surface area contributed by atoms with Crippen molar-refractivity contribution in [1.29, 1.82) is 0 Å². The van der Waals surface area contributed by atoms with Crippen LogP contribution >= 0.6 is 0 Å². The highest BCUT2D eigenvalue weighted by atomic mass is 16.6. The first-order valence-corrected chi connectivity index (χ1v) is 11.8. The molecule has 1 aromatic heterocycles. The molecule has 1 N–H and O–H groups in total. The molecule has 0 bridgehead atoms. The standard InChI is InChI=1S/C29H35N3O4/c1-29(2,3)36-28(33)31-23-11-7-21(8-12-23)9-13-24-20-25(15-17-30-24)32(4)18-16-22-10-14-26(34-5)27(19-22)35-6/h7-15,17,19-20H,16,18H2,1-6H3,(H,31,33)/b13-9+. The van der Waals surface area contributed by atoms with Gasteiger partial charge in [-0.1, -0.05) is 24.3 Å². The fourth-order valence-electron chi connectivity index (χ4n) is 3.51. The van der Waals surface area contributed by atoms with Crippen molar-refractivity contribution in [2.24, 2.45) is 0 Å². The zero-order chi connectivity index (χ0) is 26.1. The molecule has 0 unspecified atom stereocenters. The van der Waals surface area contributed by atoms with Gasteiger partial charge in [-0.05, 0) is 80.8 Å². The van der Waals surface area contributed by atoms with Gasteiger partial charge in [-0.3, -0.25) is 10.3 Å². The second-order valence-corrected chi connectivity index (χ2v) is 9.38. The molecule has 7 nitrogen and oxygen atoms in total. The molecule has 0 aliphatic rings. The smallest absolute Gasteiger partial charge is 0.412 e. The summed E-state index contributed by atoms with van der Waals surface area (Å²) in [6.07, 6.45) is 6.18. The molecule has 7 heteroatoms. The first kappa shape index (κ1) is 26.6. The van der Waals surface area contributed by atoms with Crippen molar-refractivity contribution < 1.29 is 19.0 Å². The Balaban J connectivity index is 1.58. The topological polar surface area (TPSA) is 72.9 Å². The summed E-state index contributed by atoms with van der Waals surface area (Å²) in [7, 11) is 5.36. The maximum absolute atomic E-state index is 11.9. The van der Waals surface area contributed by atoms with Crippen LogP contribution in [0.3, 0.4) is 0 Å². The summed E-state index contributed by atoms with van der Waals surface area (Å²) in [5, 5.41) is 2.74. The Bertz CT molecular complexity index is 1180. The van der Waals surface area contributed by atoms with Gasteiger partial charge in [0, 0.05) is 31.2 Å². The highest BCUT2D eigenvalue weighted by Gasteiger charge is 2.16. The minimum atomic E-state index is -0.536. The summed E-state index contributed by atoms with van der Waals surface area (Å²) in [5.74, 6) is 1.47. The Kier molecular flexibility index (Phi) is 8.95. The Labute approximate surface area is 213 Å². The Morgan fingerprint density at radius 3 is 2.36 bits per heavy atom. The van der Waals surface area contributed by atoms with E-state index >= 15 is 0 Å². The molecule has 0 spiro atoms. The van der Waals surface area contributed by atoms with Gasteiger partial charge < -0.3 is 19.1 Å². The monoisotopic (exact) mass is 489 g/mol. The van der Waals surface area contributed by atoms with Crippen LogP contribution < -0.4 is 19.7 Å². The number of ether oxygens (including phenoxy) is 3. The number of hydrogen-bond donors (Lipinski definition) is 1. The Hall–Kier alpha value is -4.00. The van der Waals surface area contributed by atoms with E-state index in [0.717, 1.165) is 41.4 Å². The van der Waals surface area contributed by atoms with Gasteiger partial charge in [0.2, 0.25) is 0 Å². The minimum Gasteiger partial charge on any atom is -0.493 e. The van der Waals surface area contributed by atoms with E-state index in [1.807, 2.05) is 81.6 Å². The van der Waals surface area contributed by atoms with Gasteiger partial charge in [-0.15, -0.1) is 0 Å². The lowest BCUT2D eigenvalue weighted by atomic mass is 10.1. The number of benzene rings is 2. The first-order valence-electron chi connectivity index (χ1n) is 11.8. The fourth-order valence-corrected chi connectivity index (χ4v) is 3.51. The molecular formula is C29H35N3O4. The first-order chi connectivity index (χ1) is 17.2. The quantitative estimate of drug-likeness (QED) is 0.381. The van der Waals surface area contributed by atoms with Crippen LogP contribution in [0.15, 0.2) is 60.8 Å². The number of pyridine rings is 1. The molecule has 0 fully saturated rings. The lowest BCUT2D eigenvalue weighted by Crippen LogP contribution is -2.27. The molecule has 0 radical (unpaired) electrons. The van der Waals surface area contributed by atoms with E-state index in [-0.39, 0.29) is 0 Å². The van der Waals surface area contributed by atoms with Gasteiger partial charge in [0.1, 0.15) is 5.60 Å². The predicted molar refractivity (Wildman–Crippen MR) is 146 cm³/mol. The van der Waals surface area contributed by atoms with Crippen LogP contribution in [0.4, 0.5) is 16.2 Å². The fraction of sp³-hybridized carbons (Fsp3) is 0.310. The van der Waals surface area contributed by atoms with Crippen LogP contribution in [0.1, 0.15) is 37.6 Å². The summed E-state index contributed by atoms with van der Waals surface area (Å²) in [6.45, 7) is 6.34. The van der Waals surface area contributed by atoms with Crippen LogP contribution in [0.2, 0.25) is 0 Å². The molecule has 190 valence electrons. The summed E-state index contributed by atoms with van der Waals surface area (Å²) < 4.78 is 16.0. The lowest BCUT2D eigenvalue weighted by molar-refractivity contribution is 0.0636. The number of carbonyl (C=O) groups is 1. The molecule has 36 heavy (non-hydrogen) atoms. The average Bonchev–Trinajstić information content (AvgIpc) is 2.85. The van der Waals surface area contributed by atoms with Gasteiger partial charge in [0.25, 0.3) is 0 Å². The van der Waals surface area contributed by atoms with Gasteiger partial charge in [-0.25, -0.2) is 4.79 Å². The number of amides is 1. The SMILES string of the molecule is COc1ccc(CCN(C)c2ccnc(/C=C/c3ccc(NC(=O)OC(C)(C)C)cc3)c2)cc1OC. The summed E-state index contributed by atoms with van der Waals surface area (Å²) in [6, 6.07) is 17.6. The lowest BCUT2D eigenvalue weighted by Gasteiger charge is -2.20. The van der Waals surface area contributed by atoms with Crippen LogP contribution in [0.25, 0.3) is 12.2 Å². The third-order valence-corrected chi connectivity index (χ3v) is 5.39. The Morgan fingerprint density at radius 2 is 1.69 bits per heavy atom. The maximum Gasteiger partial charge on any atom is 0.412 e. The second kappa shape index (κ2) is 12.1. The molecule has 2 aromatic carbocycles. The summed E-state index contributed by atoms with van der Waals surface area (Å²) in [4.78, 5) is 18.6.